The molecule has 0 saturated heterocycles. The Morgan fingerprint density at radius 3 is 2.20 bits per heavy atom. The Bertz CT molecular complexity index is 192. The van der Waals surface area contributed by atoms with E-state index in [1.807, 2.05) is 13.8 Å². The van der Waals surface area contributed by atoms with Gasteiger partial charge in [-0.05, 0) is 32.7 Å². The summed E-state index contributed by atoms with van der Waals surface area (Å²) in [5.41, 5.74) is 0. The Labute approximate surface area is 91.9 Å². The van der Waals surface area contributed by atoms with Crippen LogP contribution >= 0.6 is 0 Å². The van der Waals surface area contributed by atoms with E-state index >= 15 is 0 Å². The summed E-state index contributed by atoms with van der Waals surface area (Å²) in [4.78, 5) is 12.8. The first-order chi connectivity index (χ1) is 6.84. The van der Waals surface area contributed by atoms with E-state index in [4.69, 9.17) is 10.2 Å². The monoisotopic (exact) mass is 217 g/mol. The normalized spacial score (nSPS) is 15.7. The maximum Gasteiger partial charge on any atom is 0.320 e. The molecule has 4 nitrogen and oxygen atoms in total. The SMILES string of the molecule is CC(C)C[C@@H](C(=O)O)N(C)CC[C@H](C)O. The van der Waals surface area contributed by atoms with Crippen molar-refractivity contribution in [2.45, 2.75) is 45.8 Å². The molecule has 4 heteroatoms. The number of aliphatic hydroxyl groups excluding tert-OH is 1. The number of carbonyl (C=O) groups is 1. The molecule has 0 fully saturated rings. The Morgan fingerprint density at radius 1 is 1.33 bits per heavy atom. The molecule has 0 aliphatic carbocycles. The molecule has 0 rings (SSSR count). The first kappa shape index (κ1) is 14.4. The highest BCUT2D eigenvalue weighted by Crippen LogP contribution is 2.11. The molecule has 0 aliphatic heterocycles. The van der Waals surface area contributed by atoms with Crippen molar-refractivity contribution in [3.63, 3.8) is 0 Å². The van der Waals surface area contributed by atoms with Gasteiger partial charge in [-0.15, -0.1) is 0 Å². The number of carboxylic acids is 1. The first-order valence-corrected chi connectivity index (χ1v) is 5.45. The highest BCUT2D eigenvalue weighted by Gasteiger charge is 2.23. The molecule has 0 heterocycles. The van der Waals surface area contributed by atoms with Crippen molar-refractivity contribution in [1.82, 2.24) is 4.90 Å². The van der Waals surface area contributed by atoms with Crippen molar-refractivity contribution in [2.75, 3.05) is 13.6 Å². The van der Waals surface area contributed by atoms with Gasteiger partial charge in [-0.3, -0.25) is 9.69 Å². The molecule has 0 bridgehead atoms. The average Bonchev–Trinajstić information content (AvgIpc) is 2.09. The number of likely N-dealkylation sites (N-methyl/N-ethyl adjacent to an activating group) is 1. The standard InChI is InChI=1S/C11H23NO3/c1-8(2)7-10(11(14)15)12(4)6-5-9(3)13/h8-10,13H,5-7H2,1-4H3,(H,14,15)/t9-,10-/m0/s1. The summed E-state index contributed by atoms with van der Waals surface area (Å²) >= 11 is 0. The van der Waals surface area contributed by atoms with Crippen molar-refractivity contribution in [3.05, 3.63) is 0 Å². The average molecular weight is 217 g/mol. The van der Waals surface area contributed by atoms with E-state index in [1.54, 1.807) is 18.9 Å². The second kappa shape index (κ2) is 6.80. The molecule has 0 aromatic carbocycles. The fourth-order valence-electron chi connectivity index (χ4n) is 1.46. The van der Waals surface area contributed by atoms with Crippen molar-refractivity contribution in [2.24, 2.45) is 5.92 Å². The summed E-state index contributed by atoms with van der Waals surface area (Å²) in [6.45, 7) is 6.35. The molecular formula is C11H23NO3. The summed E-state index contributed by atoms with van der Waals surface area (Å²) in [6.07, 6.45) is 0.880. The Balaban J connectivity index is 4.16. The van der Waals surface area contributed by atoms with Gasteiger partial charge >= 0.3 is 5.97 Å². The van der Waals surface area contributed by atoms with E-state index in [0.29, 0.717) is 25.3 Å². The van der Waals surface area contributed by atoms with Crippen LogP contribution < -0.4 is 0 Å². The zero-order chi connectivity index (χ0) is 12.0. The van der Waals surface area contributed by atoms with E-state index in [1.165, 1.54) is 0 Å². The van der Waals surface area contributed by atoms with Crippen LogP contribution in [0.3, 0.4) is 0 Å². The van der Waals surface area contributed by atoms with Gasteiger partial charge in [0.05, 0.1) is 6.10 Å². The van der Waals surface area contributed by atoms with E-state index in [9.17, 15) is 4.79 Å². The minimum Gasteiger partial charge on any atom is -0.480 e. The van der Waals surface area contributed by atoms with Gasteiger partial charge in [0, 0.05) is 6.54 Å². The van der Waals surface area contributed by atoms with Gasteiger partial charge in [0.15, 0.2) is 0 Å². The van der Waals surface area contributed by atoms with Gasteiger partial charge in [-0.2, -0.15) is 0 Å². The molecule has 90 valence electrons. The van der Waals surface area contributed by atoms with Crippen LogP contribution in [-0.4, -0.2) is 46.8 Å². The van der Waals surface area contributed by atoms with Crippen LogP contribution in [0.25, 0.3) is 0 Å². The molecule has 0 saturated carbocycles. The summed E-state index contributed by atoms with van der Waals surface area (Å²) < 4.78 is 0. The van der Waals surface area contributed by atoms with Crippen molar-refractivity contribution in [3.8, 4) is 0 Å². The van der Waals surface area contributed by atoms with Crippen molar-refractivity contribution >= 4 is 5.97 Å². The number of rotatable bonds is 7. The first-order valence-electron chi connectivity index (χ1n) is 5.45. The number of aliphatic hydroxyl groups is 1. The minimum atomic E-state index is -0.781. The van der Waals surface area contributed by atoms with E-state index in [2.05, 4.69) is 0 Å². The van der Waals surface area contributed by atoms with Gasteiger partial charge < -0.3 is 10.2 Å². The van der Waals surface area contributed by atoms with Crippen LogP contribution in [0.5, 0.6) is 0 Å². The van der Waals surface area contributed by atoms with Gasteiger partial charge in [-0.25, -0.2) is 0 Å². The van der Waals surface area contributed by atoms with E-state index in [-0.39, 0.29) is 6.10 Å². The lowest BCUT2D eigenvalue weighted by Crippen LogP contribution is -2.40. The van der Waals surface area contributed by atoms with Gasteiger partial charge in [-0.1, -0.05) is 13.8 Å². The lowest BCUT2D eigenvalue weighted by atomic mass is 10.0. The molecule has 0 aromatic rings. The Morgan fingerprint density at radius 2 is 1.87 bits per heavy atom. The quantitative estimate of drug-likeness (QED) is 0.672. The van der Waals surface area contributed by atoms with Crippen LogP contribution in [0, 0.1) is 5.92 Å². The summed E-state index contributed by atoms with van der Waals surface area (Å²) in [5, 5.41) is 18.2. The fraction of sp³-hybridized carbons (Fsp3) is 0.909. The third-order valence-electron chi connectivity index (χ3n) is 2.41. The van der Waals surface area contributed by atoms with Crippen LogP contribution in [-0.2, 0) is 4.79 Å². The third kappa shape index (κ3) is 6.47. The number of hydrogen-bond acceptors (Lipinski definition) is 3. The third-order valence-corrected chi connectivity index (χ3v) is 2.41. The lowest BCUT2D eigenvalue weighted by molar-refractivity contribution is -0.143. The van der Waals surface area contributed by atoms with Crippen molar-refractivity contribution in [1.29, 1.82) is 0 Å². The zero-order valence-electron chi connectivity index (χ0n) is 10.1. The number of aliphatic carboxylic acids is 1. The minimum absolute atomic E-state index is 0.361. The van der Waals surface area contributed by atoms with Gasteiger partial charge in [0.1, 0.15) is 6.04 Å². The van der Waals surface area contributed by atoms with Crippen LogP contribution in [0.15, 0.2) is 0 Å². The molecule has 0 unspecified atom stereocenters. The molecular weight excluding hydrogens is 194 g/mol. The highest BCUT2D eigenvalue weighted by molar-refractivity contribution is 5.73. The van der Waals surface area contributed by atoms with E-state index in [0.717, 1.165) is 0 Å². The lowest BCUT2D eigenvalue weighted by Gasteiger charge is -2.26. The molecule has 0 radical (unpaired) electrons. The maximum absolute atomic E-state index is 11.0. The van der Waals surface area contributed by atoms with Crippen LogP contribution in [0.4, 0.5) is 0 Å². The zero-order valence-corrected chi connectivity index (χ0v) is 10.1. The second-order valence-corrected chi connectivity index (χ2v) is 4.60. The summed E-state index contributed by atoms with van der Waals surface area (Å²) in [7, 11) is 1.80. The molecule has 15 heavy (non-hydrogen) atoms. The highest BCUT2D eigenvalue weighted by atomic mass is 16.4. The van der Waals surface area contributed by atoms with Gasteiger partial charge in [0.2, 0.25) is 0 Å². The second-order valence-electron chi connectivity index (χ2n) is 4.60. The molecule has 2 atom stereocenters. The predicted octanol–water partition coefficient (Wildman–Crippen LogP) is 1.19. The molecule has 0 aromatic heterocycles. The molecule has 0 aliphatic rings. The Hall–Kier alpha value is -0.610. The van der Waals surface area contributed by atoms with E-state index < -0.39 is 12.0 Å². The topological polar surface area (TPSA) is 60.8 Å². The van der Waals surface area contributed by atoms with Crippen LogP contribution in [0.1, 0.15) is 33.6 Å². The number of carboxylic acid groups (broad SMARTS) is 1. The molecule has 2 N–H and O–H groups in total. The van der Waals surface area contributed by atoms with Gasteiger partial charge in [0.25, 0.3) is 0 Å². The molecule has 0 spiro atoms. The predicted molar refractivity (Wildman–Crippen MR) is 59.8 cm³/mol. The summed E-state index contributed by atoms with van der Waals surface area (Å²) in [6, 6.07) is -0.441. The summed E-state index contributed by atoms with van der Waals surface area (Å²) in [5.74, 6) is -0.420. The Kier molecular flexibility index (Phi) is 6.52. The maximum atomic E-state index is 11.0. The molecule has 0 amide bonds. The number of nitrogens with zero attached hydrogens (tertiary/aromatic N) is 1. The smallest absolute Gasteiger partial charge is 0.320 e. The fourth-order valence-corrected chi connectivity index (χ4v) is 1.46. The van der Waals surface area contributed by atoms with Crippen molar-refractivity contribution < 1.29 is 15.0 Å². The van der Waals surface area contributed by atoms with Crippen LogP contribution in [0.2, 0.25) is 0 Å². The number of hydrogen-bond donors (Lipinski definition) is 2. The largest absolute Gasteiger partial charge is 0.480 e.